The van der Waals surface area contributed by atoms with Gasteiger partial charge in [0.1, 0.15) is 12.1 Å². The average molecular weight is 386 g/mol. The summed E-state index contributed by atoms with van der Waals surface area (Å²) in [6.45, 7) is 1.98. The highest BCUT2D eigenvalue weighted by Gasteiger charge is 2.24. The molecule has 1 aromatic carbocycles. The molecule has 3 aromatic heterocycles. The van der Waals surface area contributed by atoms with Crippen LogP contribution in [0.3, 0.4) is 0 Å². The molecule has 29 heavy (non-hydrogen) atoms. The number of aryl methyl sites for hydroxylation is 1. The minimum atomic E-state index is -0.0579. The molecule has 144 valence electrons. The summed E-state index contributed by atoms with van der Waals surface area (Å²) in [6, 6.07) is 7.65. The number of benzene rings is 1. The van der Waals surface area contributed by atoms with Crippen molar-refractivity contribution in [2.45, 2.75) is 25.8 Å². The van der Waals surface area contributed by atoms with Crippen molar-refractivity contribution < 1.29 is 4.79 Å². The fourth-order valence-electron chi connectivity index (χ4n) is 3.01. The van der Waals surface area contributed by atoms with E-state index in [1.807, 2.05) is 25.1 Å². The Bertz CT molecular complexity index is 1200. The Hall–Kier alpha value is -3.88. The average Bonchev–Trinajstić information content (AvgIpc) is 3.45. The molecule has 1 aliphatic carbocycles. The highest BCUT2D eigenvalue weighted by molar-refractivity contribution is 5.96. The fourth-order valence-corrected chi connectivity index (χ4v) is 3.01. The summed E-state index contributed by atoms with van der Waals surface area (Å²) in [6.07, 6.45) is 8.54. The number of rotatable bonds is 5. The number of fused-ring (bicyclic) bond motifs is 1. The van der Waals surface area contributed by atoms with E-state index in [-0.39, 0.29) is 5.91 Å². The third-order valence-corrected chi connectivity index (χ3v) is 4.77. The smallest absolute Gasteiger partial charge is 0.252 e. The van der Waals surface area contributed by atoms with Crippen LogP contribution < -0.4 is 10.6 Å². The fraction of sp³-hybridized carbons (Fsp3) is 0.200. The third-order valence-electron chi connectivity index (χ3n) is 4.77. The highest BCUT2D eigenvalue weighted by atomic mass is 16.1. The van der Waals surface area contributed by atoms with E-state index in [0.29, 0.717) is 29.0 Å². The molecule has 0 aliphatic heterocycles. The van der Waals surface area contributed by atoms with Gasteiger partial charge in [-0.15, -0.1) is 0 Å². The Labute approximate surface area is 166 Å². The Morgan fingerprint density at radius 2 is 1.97 bits per heavy atom. The maximum atomic E-state index is 12.4. The first-order valence-corrected chi connectivity index (χ1v) is 9.34. The zero-order chi connectivity index (χ0) is 19.8. The summed E-state index contributed by atoms with van der Waals surface area (Å²) >= 11 is 0. The number of carbonyl (C=O) groups excluding carboxylic acids is 1. The van der Waals surface area contributed by atoms with Crippen LogP contribution in [-0.4, -0.2) is 41.7 Å². The van der Waals surface area contributed by atoms with Crippen molar-refractivity contribution in [2.24, 2.45) is 0 Å². The van der Waals surface area contributed by atoms with Crippen LogP contribution in [0.25, 0.3) is 17.0 Å². The Balaban J connectivity index is 1.49. The van der Waals surface area contributed by atoms with Gasteiger partial charge in [-0.25, -0.2) is 19.9 Å². The number of aromatic nitrogens is 6. The van der Waals surface area contributed by atoms with Crippen LogP contribution in [0.1, 0.15) is 28.8 Å². The first-order chi connectivity index (χ1) is 14.2. The Kier molecular flexibility index (Phi) is 4.12. The lowest BCUT2D eigenvalue weighted by Crippen LogP contribution is -2.25. The van der Waals surface area contributed by atoms with E-state index in [1.54, 1.807) is 29.3 Å². The van der Waals surface area contributed by atoms with Crippen LogP contribution in [0, 0.1) is 6.92 Å². The summed E-state index contributed by atoms with van der Waals surface area (Å²) in [7, 11) is 0. The molecule has 3 heterocycles. The Morgan fingerprint density at radius 3 is 2.76 bits per heavy atom. The molecule has 1 saturated carbocycles. The molecule has 1 fully saturated rings. The highest BCUT2D eigenvalue weighted by Crippen LogP contribution is 2.27. The molecule has 0 saturated heterocycles. The lowest BCUT2D eigenvalue weighted by atomic mass is 10.1. The minimum Gasteiger partial charge on any atom is -0.349 e. The monoisotopic (exact) mass is 386 g/mol. The first-order valence-electron chi connectivity index (χ1n) is 9.34. The van der Waals surface area contributed by atoms with E-state index in [9.17, 15) is 4.79 Å². The molecule has 0 radical (unpaired) electrons. The summed E-state index contributed by atoms with van der Waals surface area (Å²) < 4.78 is 1.56. The van der Waals surface area contributed by atoms with Crippen LogP contribution in [0.2, 0.25) is 0 Å². The number of carbonyl (C=O) groups is 1. The first kappa shape index (κ1) is 17.2. The number of nitrogens with one attached hydrogen (secondary N) is 2. The van der Waals surface area contributed by atoms with Gasteiger partial charge >= 0.3 is 0 Å². The van der Waals surface area contributed by atoms with Gasteiger partial charge in [0.15, 0.2) is 5.65 Å². The van der Waals surface area contributed by atoms with Crippen LogP contribution in [0.5, 0.6) is 0 Å². The molecule has 4 aromatic rings. The SMILES string of the molecule is Cc1ccc(C(=O)NC2CC2)cc1Nc1ncnc2c1cnn2-c1ncccn1. The van der Waals surface area contributed by atoms with Crippen LogP contribution in [-0.2, 0) is 0 Å². The quantitative estimate of drug-likeness (QED) is 0.542. The van der Waals surface area contributed by atoms with E-state index in [2.05, 4.69) is 35.7 Å². The predicted octanol–water partition coefficient (Wildman–Crippen LogP) is 2.55. The van der Waals surface area contributed by atoms with E-state index in [4.69, 9.17) is 0 Å². The van der Waals surface area contributed by atoms with Gasteiger partial charge < -0.3 is 10.6 Å². The van der Waals surface area contributed by atoms with E-state index < -0.39 is 0 Å². The number of anilines is 2. The zero-order valence-electron chi connectivity index (χ0n) is 15.7. The summed E-state index contributed by atoms with van der Waals surface area (Å²) in [4.78, 5) is 29.5. The lowest BCUT2D eigenvalue weighted by molar-refractivity contribution is 0.0951. The second-order valence-electron chi connectivity index (χ2n) is 6.97. The topological polar surface area (TPSA) is 111 Å². The molecule has 1 aliphatic rings. The summed E-state index contributed by atoms with van der Waals surface area (Å²) in [5.74, 6) is 0.972. The predicted molar refractivity (Wildman–Crippen MR) is 107 cm³/mol. The largest absolute Gasteiger partial charge is 0.349 e. The normalized spacial score (nSPS) is 13.4. The number of hydrogen-bond donors (Lipinski definition) is 2. The maximum Gasteiger partial charge on any atom is 0.252 e. The number of hydrogen-bond acceptors (Lipinski definition) is 7. The number of amides is 1. The van der Waals surface area contributed by atoms with Crippen molar-refractivity contribution in [3.63, 3.8) is 0 Å². The van der Waals surface area contributed by atoms with Crippen molar-refractivity contribution in [3.8, 4) is 5.95 Å². The van der Waals surface area contributed by atoms with Crippen LogP contribution in [0.15, 0.2) is 49.2 Å². The van der Waals surface area contributed by atoms with Gasteiger partial charge in [0.05, 0.1) is 11.6 Å². The molecule has 0 unspecified atom stereocenters. The summed E-state index contributed by atoms with van der Waals surface area (Å²) in [5.41, 5.74) is 3.01. The standard InChI is InChI=1S/C20H18N8O/c1-12-3-4-13(19(29)26-14-5-6-14)9-16(12)27-17-15-10-25-28(18(15)24-11-23-17)20-21-7-2-8-22-20/h2-4,7-11,14H,5-6H2,1H3,(H,26,29)(H,23,24,27). The van der Waals surface area contributed by atoms with Gasteiger partial charge in [0.2, 0.25) is 0 Å². The molecular weight excluding hydrogens is 368 g/mol. The molecule has 0 atom stereocenters. The zero-order valence-corrected chi connectivity index (χ0v) is 15.7. The van der Waals surface area contributed by atoms with E-state index in [1.165, 1.54) is 6.33 Å². The molecule has 5 rings (SSSR count). The second-order valence-corrected chi connectivity index (χ2v) is 6.97. The van der Waals surface area contributed by atoms with Crippen molar-refractivity contribution in [1.82, 2.24) is 35.0 Å². The van der Waals surface area contributed by atoms with Crippen LogP contribution >= 0.6 is 0 Å². The third kappa shape index (κ3) is 3.38. The number of nitrogens with zero attached hydrogens (tertiary/aromatic N) is 6. The lowest BCUT2D eigenvalue weighted by Gasteiger charge is -2.12. The molecule has 1 amide bonds. The molecule has 0 spiro atoms. The molecule has 9 heteroatoms. The molecular formula is C20H18N8O. The van der Waals surface area contributed by atoms with Crippen molar-refractivity contribution in [2.75, 3.05) is 5.32 Å². The van der Waals surface area contributed by atoms with Crippen LogP contribution in [0.4, 0.5) is 11.5 Å². The van der Waals surface area contributed by atoms with Crippen molar-refractivity contribution in [1.29, 1.82) is 0 Å². The van der Waals surface area contributed by atoms with Crippen molar-refractivity contribution in [3.05, 3.63) is 60.3 Å². The summed E-state index contributed by atoms with van der Waals surface area (Å²) in [5, 5.41) is 11.4. The van der Waals surface area contributed by atoms with Gasteiger partial charge in [0.25, 0.3) is 11.9 Å². The van der Waals surface area contributed by atoms with Gasteiger partial charge in [-0.05, 0) is 43.5 Å². The van der Waals surface area contributed by atoms with E-state index in [0.717, 1.165) is 29.5 Å². The van der Waals surface area contributed by atoms with Gasteiger partial charge in [-0.3, -0.25) is 4.79 Å². The Morgan fingerprint density at radius 1 is 1.14 bits per heavy atom. The van der Waals surface area contributed by atoms with E-state index >= 15 is 0 Å². The van der Waals surface area contributed by atoms with Gasteiger partial charge in [0, 0.05) is 29.7 Å². The molecule has 9 nitrogen and oxygen atoms in total. The molecule has 2 N–H and O–H groups in total. The minimum absolute atomic E-state index is 0.0579. The van der Waals surface area contributed by atoms with Crippen molar-refractivity contribution >= 4 is 28.4 Å². The van der Waals surface area contributed by atoms with Gasteiger partial charge in [-0.1, -0.05) is 6.07 Å². The maximum absolute atomic E-state index is 12.4. The van der Waals surface area contributed by atoms with Gasteiger partial charge in [-0.2, -0.15) is 9.78 Å². The second kappa shape index (κ2) is 6.93. The molecule has 0 bridgehead atoms.